The number of ether oxygens (including phenoxy) is 2. The van der Waals surface area contributed by atoms with E-state index in [1.807, 2.05) is 42.5 Å². The maximum atomic E-state index is 13.5. The Hall–Kier alpha value is -4.56. The Bertz CT molecular complexity index is 1940. The molecule has 0 bridgehead atoms. The van der Waals surface area contributed by atoms with E-state index in [1.165, 1.54) is 17.3 Å². The molecule has 2 saturated heterocycles. The van der Waals surface area contributed by atoms with Crippen LogP contribution in [0, 0.1) is 0 Å². The highest BCUT2D eigenvalue weighted by atomic mass is 35.5. The van der Waals surface area contributed by atoms with Crippen molar-refractivity contribution in [1.82, 2.24) is 34.5 Å². The van der Waals surface area contributed by atoms with Crippen molar-refractivity contribution >= 4 is 28.7 Å². The van der Waals surface area contributed by atoms with Crippen LogP contribution >= 0.6 is 11.6 Å². The van der Waals surface area contributed by atoms with E-state index >= 15 is 0 Å². The summed E-state index contributed by atoms with van der Waals surface area (Å²) < 4.78 is 18.8. The standard InChI is InChI=1S/C33H34ClN7O6/c1-39-30(22-4-2-21(3-5-22)15-46-32(43)37-25-16-45-17-25)28-29(38-39)31(42)41(19-36-28)18-33(44)8-10-40(11-9-33)14-24-7-6-23(12-26(24)34)27-13-35-20-47-27/h2-7,12-13,19-20,25,44H,8-11,14-18H2,1H3,(H,37,43). The largest absolute Gasteiger partial charge is 0.445 e. The molecule has 2 aliphatic rings. The highest BCUT2D eigenvalue weighted by Crippen LogP contribution is 2.30. The van der Waals surface area contributed by atoms with Gasteiger partial charge in [-0.15, -0.1) is 0 Å². The maximum Gasteiger partial charge on any atom is 0.407 e. The summed E-state index contributed by atoms with van der Waals surface area (Å²) >= 11 is 6.58. The number of oxazole rings is 1. The Balaban J connectivity index is 0.985. The van der Waals surface area contributed by atoms with Gasteiger partial charge in [-0.1, -0.05) is 48.0 Å². The molecule has 0 saturated carbocycles. The third-order valence-electron chi connectivity index (χ3n) is 8.78. The fourth-order valence-corrected chi connectivity index (χ4v) is 6.24. The molecular weight excluding hydrogens is 626 g/mol. The molecule has 5 heterocycles. The van der Waals surface area contributed by atoms with E-state index in [9.17, 15) is 14.7 Å². The summed E-state index contributed by atoms with van der Waals surface area (Å²) in [6, 6.07) is 13.3. The van der Waals surface area contributed by atoms with Gasteiger partial charge in [0.25, 0.3) is 5.56 Å². The van der Waals surface area contributed by atoms with Crippen LogP contribution in [0.25, 0.3) is 33.6 Å². The first-order valence-corrected chi connectivity index (χ1v) is 15.8. The first kappa shape index (κ1) is 31.1. The summed E-state index contributed by atoms with van der Waals surface area (Å²) in [4.78, 5) is 36.3. The minimum Gasteiger partial charge on any atom is -0.445 e. The second-order valence-corrected chi connectivity index (χ2v) is 12.6. The molecule has 0 unspecified atom stereocenters. The van der Waals surface area contributed by atoms with Gasteiger partial charge in [-0.05, 0) is 30.0 Å². The summed E-state index contributed by atoms with van der Waals surface area (Å²) in [5, 5.41) is 19.4. The zero-order valence-electron chi connectivity index (χ0n) is 25.8. The second kappa shape index (κ2) is 12.9. The van der Waals surface area contributed by atoms with E-state index < -0.39 is 11.7 Å². The average molecular weight is 660 g/mol. The van der Waals surface area contributed by atoms with Crippen LogP contribution in [0.4, 0.5) is 4.79 Å². The lowest BCUT2D eigenvalue weighted by molar-refractivity contribution is -0.0364. The Morgan fingerprint density at radius 2 is 1.89 bits per heavy atom. The summed E-state index contributed by atoms with van der Waals surface area (Å²) in [6.07, 6.45) is 5.03. The van der Waals surface area contributed by atoms with Crippen LogP contribution in [0.5, 0.6) is 0 Å². The number of likely N-dealkylation sites (tertiary alicyclic amines) is 1. The van der Waals surface area contributed by atoms with Crippen LogP contribution in [0.1, 0.15) is 24.0 Å². The van der Waals surface area contributed by atoms with Gasteiger partial charge in [-0.2, -0.15) is 5.10 Å². The number of aliphatic hydroxyl groups is 1. The van der Waals surface area contributed by atoms with Gasteiger partial charge in [0, 0.05) is 42.8 Å². The molecule has 0 aliphatic carbocycles. The SMILES string of the molecule is Cn1nc2c(=O)n(CC3(O)CCN(Cc4ccc(-c5cnco5)cc4Cl)CC3)cnc2c1-c1ccc(COC(=O)NC2COC2)cc1. The number of aryl methyl sites for hydroxylation is 1. The number of rotatable bonds is 9. The highest BCUT2D eigenvalue weighted by Gasteiger charge is 2.34. The normalized spacial score (nSPS) is 16.7. The van der Waals surface area contributed by atoms with Crippen LogP contribution in [-0.4, -0.2) is 78.4 Å². The Labute approximate surface area is 274 Å². The van der Waals surface area contributed by atoms with Gasteiger partial charge in [-0.25, -0.2) is 14.8 Å². The summed E-state index contributed by atoms with van der Waals surface area (Å²) in [5.41, 5.74) is 3.53. The highest BCUT2D eigenvalue weighted by molar-refractivity contribution is 6.31. The summed E-state index contributed by atoms with van der Waals surface area (Å²) in [5.74, 6) is 0.658. The van der Waals surface area contributed by atoms with Crippen molar-refractivity contribution < 1.29 is 23.8 Å². The molecule has 2 N–H and O–H groups in total. The van der Waals surface area contributed by atoms with Crippen molar-refractivity contribution in [3.63, 3.8) is 0 Å². The summed E-state index contributed by atoms with van der Waals surface area (Å²) in [6.45, 7) is 3.20. The molecule has 0 atom stereocenters. The zero-order chi connectivity index (χ0) is 32.5. The molecule has 5 aromatic rings. The Morgan fingerprint density at radius 3 is 2.57 bits per heavy atom. The molecule has 13 nitrogen and oxygen atoms in total. The van der Waals surface area contributed by atoms with Crippen LogP contribution < -0.4 is 10.9 Å². The van der Waals surface area contributed by atoms with Gasteiger partial charge in [-0.3, -0.25) is 18.9 Å². The van der Waals surface area contributed by atoms with Gasteiger partial charge < -0.3 is 24.3 Å². The third-order valence-corrected chi connectivity index (χ3v) is 9.14. The number of amides is 1. The van der Waals surface area contributed by atoms with Crippen molar-refractivity contribution in [1.29, 1.82) is 0 Å². The minimum absolute atomic E-state index is 0.00286. The second-order valence-electron chi connectivity index (χ2n) is 12.2. The number of alkyl carbamates (subject to hydrolysis) is 1. The van der Waals surface area contributed by atoms with Crippen LogP contribution in [0.3, 0.4) is 0 Å². The van der Waals surface area contributed by atoms with Gasteiger partial charge in [0.1, 0.15) is 12.1 Å². The van der Waals surface area contributed by atoms with Gasteiger partial charge >= 0.3 is 6.09 Å². The van der Waals surface area contributed by atoms with E-state index in [1.54, 1.807) is 17.9 Å². The molecule has 7 rings (SSSR count). The maximum absolute atomic E-state index is 13.5. The van der Waals surface area contributed by atoms with E-state index in [0.29, 0.717) is 67.7 Å². The van der Waals surface area contributed by atoms with Crippen molar-refractivity contribution in [2.24, 2.45) is 7.05 Å². The molecular formula is C33H34ClN7O6. The first-order valence-electron chi connectivity index (χ1n) is 15.4. The number of hydrogen-bond acceptors (Lipinski definition) is 10. The molecule has 2 aliphatic heterocycles. The lowest BCUT2D eigenvalue weighted by atomic mass is 9.91. The first-order chi connectivity index (χ1) is 22.7. The number of carbonyl (C=O) groups is 1. The quantitative estimate of drug-likeness (QED) is 0.240. The topological polar surface area (TPSA) is 150 Å². The van der Waals surface area contributed by atoms with Crippen molar-refractivity contribution in [3.05, 3.63) is 87.9 Å². The number of halogens is 1. The number of nitrogens with zero attached hydrogens (tertiary/aromatic N) is 6. The number of hydrogen-bond donors (Lipinski definition) is 2. The van der Waals surface area contributed by atoms with Crippen LogP contribution in [0.2, 0.25) is 5.02 Å². The number of aromatic nitrogens is 5. The lowest BCUT2D eigenvalue weighted by Gasteiger charge is -2.38. The fraction of sp³-hybridized carbons (Fsp3) is 0.364. The predicted octanol–water partition coefficient (Wildman–Crippen LogP) is 3.76. The Kier molecular flexibility index (Phi) is 8.53. The Morgan fingerprint density at radius 1 is 1.13 bits per heavy atom. The molecule has 244 valence electrons. The minimum atomic E-state index is -1.06. The zero-order valence-corrected chi connectivity index (χ0v) is 26.5. The smallest absolute Gasteiger partial charge is 0.407 e. The van der Waals surface area contributed by atoms with E-state index in [-0.39, 0.29) is 30.3 Å². The van der Waals surface area contributed by atoms with Gasteiger partial charge in [0.15, 0.2) is 17.7 Å². The molecule has 47 heavy (non-hydrogen) atoms. The van der Waals surface area contributed by atoms with Crippen molar-refractivity contribution in [3.8, 4) is 22.6 Å². The van der Waals surface area contributed by atoms with E-state index in [4.69, 9.17) is 25.5 Å². The number of benzene rings is 2. The number of piperidine rings is 1. The number of carbonyl (C=O) groups excluding carboxylic acids is 1. The van der Waals surface area contributed by atoms with E-state index in [2.05, 4.69) is 25.3 Å². The van der Waals surface area contributed by atoms with E-state index in [0.717, 1.165) is 22.3 Å². The predicted molar refractivity (Wildman–Crippen MR) is 173 cm³/mol. The van der Waals surface area contributed by atoms with Gasteiger partial charge in [0.2, 0.25) is 0 Å². The third kappa shape index (κ3) is 6.65. The van der Waals surface area contributed by atoms with Crippen molar-refractivity contribution in [2.75, 3.05) is 26.3 Å². The summed E-state index contributed by atoms with van der Waals surface area (Å²) in [7, 11) is 1.77. The molecule has 0 spiro atoms. The molecule has 14 heteroatoms. The molecule has 3 aromatic heterocycles. The average Bonchev–Trinajstić information content (AvgIpc) is 3.70. The van der Waals surface area contributed by atoms with Crippen LogP contribution in [-0.2, 0) is 36.2 Å². The van der Waals surface area contributed by atoms with Crippen LogP contribution in [0.15, 0.2) is 70.6 Å². The molecule has 0 radical (unpaired) electrons. The van der Waals surface area contributed by atoms with Crippen molar-refractivity contribution in [2.45, 2.75) is 44.2 Å². The molecule has 2 fully saturated rings. The molecule has 1 amide bonds. The fourth-order valence-electron chi connectivity index (χ4n) is 6.00. The number of fused-ring (bicyclic) bond motifs is 1. The number of nitrogens with one attached hydrogen (secondary N) is 1. The van der Waals surface area contributed by atoms with Gasteiger partial charge in [0.05, 0.1) is 49.6 Å². The lowest BCUT2D eigenvalue weighted by Crippen LogP contribution is -2.48. The monoisotopic (exact) mass is 659 g/mol. The molecule has 2 aromatic carbocycles.